The van der Waals surface area contributed by atoms with Crippen LogP contribution >= 0.6 is 0 Å². The molecule has 1 atom stereocenters. The van der Waals surface area contributed by atoms with E-state index in [1.807, 2.05) is 0 Å². The monoisotopic (exact) mass is 302 g/mol. The Bertz CT molecular complexity index is 488. The Hall–Kier alpha value is -1.20. The van der Waals surface area contributed by atoms with Gasteiger partial charge >= 0.3 is 114 Å². The van der Waals surface area contributed by atoms with Gasteiger partial charge in [0.05, 0.1) is 0 Å². The molecule has 0 fully saturated rings. The van der Waals surface area contributed by atoms with Gasteiger partial charge < -0.3 is 0 Å². The standard InChI is InChI=1S/C16H19AsO/c1-4-17(14-7-5-13(2)6-8-14)15-9-11-16(18-3)12-10-15/h5-12H,4H2,1-3H3. The van der Waals surface area contributed by atoms with Crippen molar-refractivity contribution in [1.82, 2.24) is 0 Å². The third-order valence-electron chi connectivity index (χ3n) is 3.05. The molecule has 0 saturated carbocycles. The molecule has 1 unspecified atom stereocenters. The van der Waals surface area contributed by atoms with E-state index in [1.54, 1.807) is 7.11 Å². The van der Waals surface area contributed by atoms with Gasteiger partial charge in [0.2, 0.25) is 0 Å². The summed E-state index contributed by atoms with van der Waals surface area (Å²) in [5, 5.41) is 1.25. The predicted molar refractivity (Wildman–Crippen MR) is 79.7 cm³/mol. The van der Waals surface area contributed by atoms with Crippen LogP contribution in [0.15, 0.2) is 48.5 Å². The van der Waals surface area contributed by atoms with E-state index in [4.69, 9.17) is 4.74 Å². The van der Waals surface area contributed by atoms with Crippen LogP contribution in [0.4, 0.5) is 0 Å². The summed E-state index contributed by atoms with van der Waals surface area (Å²) in [6.07, 6.45) is 0. The van der Waals surface area contributed by atoms with Crippen molar-refractivity contribution in [2.24, 2.45) is 0 Å². The number of ether oxygens (including phenoxy) is 1. The van der Waals surface area contributed by atoms with Crippen LogP contribution in [0.3, 0.4) is 0 Å². The van der Waals surface area contributed by atoms with Crippen LogP contribution in [-0.4, -0.2) is 21.8 Å². The summed E-state index contributed by atoms with van der Waals surface area (Å²) in [5.41, 5.74) is 1.33. The van der Waals surface area contributed by atoms with Gasteiger partial charge in [0.15, 0.2) is 0 Å². The first-order valence-corrected chi connectivity index (χ1v) is 9.43. The second-order valence-electron chi connectivity index (χ2n) is 4.28. The quantitative estimate of drug-likeness (QED) is 0.789. The van der Waals surface area contributed by atoms with Crippen LogP contribution in [-0.2, 0) is 0 Å². The topological polar surface area (TPSA) is 9.23 Å². The van der Waals surface area contributed by atoms with Gasteiger partial charge in [-0.1, -0.05) is 0 Å². The second kappa shape index (κ2) is 6.11. The summed E-state index contributed by atoms with van der Waals surface area (Å²) >= 11 is -1.11. The van der Waals surface area contributed by atoms with E-state index in [9.17, 15) is 0 Å². The number of hydrogen-bond donors (Lipinski definition) is 0. The zero-order valence-electron chi connectivity index (χ0n) is 11.2. The summed E-state index contributed by atoms with van der Waals surface area (Å²) < 4.78 is 8.24. The molecule has 0 N–H and O–H groups in total. The Morgan fingerprint density at radius 3 is 1.83 bits per heavy atom. The van der Waals surface area contributed by atoms with Crippen molar-refractivity contribution in [1.29, 1.82) is 0 Å². The molecule has 2 aromatic carbocycles. The summed E-state index contributed by atoms with van der Waals surface area (Å²) in [7, 11) is 1.71. The molecule has 94 valence electrons. The van der Waals surface area contributed by atoms with Crippen molar-refractivity contribution in [3.8, 4) is 5.75 Å². The van der Waals surface area contributed by atoms with E-state index in [0.29, 0.717) is 0 Å². The first kappa shape index (κ1) is 13.2. The van der Waals surface area contributed by atoms with E-state index < -0.39 is 14.7 Å². The Balaban J connectivity index is 2.29. The van der Waals surface area contributed by atoms with Crippen molar-refractivity contribution >= 4 is 23.4 Å². The zero-order valence-corrected chi connectivity index (χ0v) is 13.1. The minimum atomic E-state index is -1.11. The van der Waals surface area contributed by atoms with Crippen LogP contribution in [0, 0.1) is 6.92 Å². The molecular formula is C16H19AsO. The average molecular weight is 302 g/mol. The van der Waals surface area contributed by atoms with E-state index in [2.05, 4.69) is 62.4 Å². The third-order valence-corrected chi connectivity index (χ3v) is 8.24. The Morgan fingerprint density at radius 2 is 1.39 bits per heavy atom. The van der Waals surface area contributed by atoms with Gasteiger partial charge in [-0.2, -0.15) is 0 Å². The molecule has 0 aliphatic heterocycles. The first-order valence-electron chi connectivity index (χ1n) is 6.23. The fraction of sp³-hybridized carbons (Fsp3) is 0.250. The van der Waals surface area contributed by atoms with Crippen LogP contribution < -0.4 is 13.4 Å². The van der Waals surface area contributed by atoms with Crippen molar-refractivity contribution in [3.05, 3.63) is 54.1 Å². The molecule has 0 spiro atoms. The molecule has 2 heteroatoms. The Kier molecular flexibility index (Phi) is 4.49. The summed E-state index contributed by atoms with van der Waals surface area (Å²) in [4.78, 5) is 0. The van der Waals surface area contributed by atoms with E-state index in [-0.39, 0.29) is 0 Å². The van der Waals surface area contributed by atoms with Gasteiger partial charge in [-0.15, -0.1) is 0 Å². The number of hydrogen-bond acceptors (Lipinski definition) is 1. The fourth-order valence-corrected chi connectivity index (χ4v) is 6.29. The van der Waals surface area contributed by atoms with Crippen molar-refractivity contribution in [2.45, 2.75) is 19.1 Å². The van der Waals surface area contributed by atoms with Crippen LogP contribution in [0.5, 0.6) is 5.75 Å². The minimum absolute atomic E-state index is 0.938. The maximum absolute atomic E-state index is 5.22. The molecule has 0 bridgehead atoms. The van der Waals surface area contributed by atoms with Crippen molar-refractivity contribution < 1.29 is 4.74 Å². The van der Waals surface area contributed by atoms with Crippen molar-refractivity contribution in [3.63, 3.8) is 0 Å². The number of methoxy groups -OCH3 is 1. The van der Waals surface area contributed by atoms with Gasteiger partial charge in [0.1, 0.15) is 0 Å². The molecule has 0 amide bonds. The van der Waals surface area contributed by atoms with Gasteiger partial charge in [-0.25, -0.2) is 0 Å². The van der Waals surface area contributed by atoms with E-state index in [1.165, 1.54) is 19.5 Å². The van der Waals surface area contributed by atoms with Gasteiger partial charge in [-0.05, 0) is 0 Å². The van der Waals surface area contributed by atoms with Gasteiger partial charge in [0.25, 0.3) is 0 Å². The SMILES string of the molecule is CC[As](c1ccc(C)cc1)c1ccc(OC)cc1. The number of aryl methyl sites for hydroxylation is 1. The molecule has 0 aromatic heterocycles. The molecule has 0 radical (unpaired) electrons. The molecule has 0 aliphatic carbocycles. The molecule has 2 aromatic rings. The molecule has 18 heavy (non-hydrogen) atoms. The Morgan fingerprint density at radius 1 is 0.889 bits per heavy atom. The maximum atomic E-state index is 5.22. The zero-order chi connectivity index (χ0) is 13.0. The van der Waals surface area contributed by atoms with Crippen LogP contribution in [0.1, 0.15) is 12.5 Å². The van der Waals surface area contributed by atoms with E-state index >= 15 is 0 Å². The van der Waals surface area contributed by atoms with Crippen LogP contribution in [0.2, 0.25) is 5.21 Å². The average Bonchev–Trinajstić information content (AvgIpc) is 2.42. The molecule has 0 saturated heterocycles. The first-order chi connectivity index (χ1) is 8.74. The second-order valence-corrected chi connectivity index (χ2v) is 9.57. The van der Waals surface area contributed by atoms with Crippen molar-refractivity contribution in [2.75, 3.05) is 7.11 Å². The molecular weight excluding hydrogens is 283 g/mol. The molecule has 1 nitrogen and oxygen atoms in total. The number of rotatable bonds is 4. The number of benzene rings is 2. The molecule has 0 aliphatic rings. The van der Waals surface area contributed by atoms with Gasteiger partial charge in [-0.3, -0.25) is 0 Å². The summed E-state index contributed by atoms with van der Waals surface area (Å²) in [5.74, 6) is 0.938. The van der Waals surface area contributed by atoms with E-state index in [0.717, 1.165) is 5.75 Å². The third kappa shape index (κ3) is 2.97. The fourth-order valence-electron chi connectivity index (χ4n) is 2.00. The normalized spacial score (nSPS) is 12.2. The Labute approximate surface area is 114 Å². The molecule has 2 rings (SSSR count). The van der Waals surface area contributed by atoms with Gasteiger partial charge in [0, 0.05) is 0 Å². The summed E-state index contributed by atoms with van der Waals surface area (Å²) in [6.45, 7) is 4.44. The molecule has 0 heterocycles. The van der Waals surface area contributed by atoms with Crippen LogP contribution in [0.25, 0.3) is 0 Å². The predicted octanol–water partition coefficient (Wildman–Crippen LogP) is 2.63. The summed E-state index contributed by atoms with van der Waals surface area (Å²) in [6, 6.07) is 17.6.